The maximum absolute atomic E-state index is 11.8. The standard InChI is InChI=1S/C17H17N3O4/c1-23-14-5-3-12(15(11-14)24-2)4-6-16(21)19-20-17(22)13-7-9-18-10-8-13/h3-11H,1-2H3,(H,19,21)(H,20,22). The normalized spacial score (nSPS) is 10.2. The Balaban J connectivity index is 1.95. The number of pyridine rings is 1. The SMILES string of the molecule is COc1ccc(C=CC(=O)NNC(=O)c2ccncc2)c(OC)c1. The van der Waals surface area contributed by atoms with Gasteiger partial charge in [-0.2, -0.15) is 0 Å². The molecule has 0 aliphatic heterocycles. The molecule has 7 nitrogen and oxygen atoms in total. The lowest BCUT2D eigenvalue weighted by Crippen LogP contribution is -2.40. The number of benzene rings is 1. The van der Waals surface area contributed by atoms with Gasteiger partial charge in [-0.25, -0.2) is 0 Å². The molecular formula is C17H17N3O4. The fourth-order valence-electron chi connectivity index (χ4n) is 1.86. The van der Waals surface area contributed by atoms with Gasteiger partial charge in [0.05, 0.1) is 14.2 Å². The molecule has 124 valence electrons. The second kappa shape index (κ2) is 8.33. The highest BCUT2D eigenvalue weighted by atomic mass is 16.5. The number of hydrogen-bond donors (Lipinski definition) is 2. The first-order valence-corrected chi connectivity index (χ1v) is 7.04. The van der Waals surface area contributed by atoms with E-state index in [2.05, 4.69) is 15.8 Å². The molecule has 0 bridgehead atoms. The number of amides is 2. The highest BCUT2D eigenvalue weighted by Crippen LogP contribution is 2.25. The molecule has 0 saturated heterocycles. The van der Waals surface area contributed by atoms with Crippen molar-refractivity contribution in [3.8, 4) is 11.5 Å². The van der Waals surface area contributed by atoms with Crippen molar-refractivity contribution in [3.05, 3.63) is 59.9 Å². The molecule has 0 fully saturated rings. The summed E-state index contributed by atoms with van der Waals surface area (Å²) in [5.41, 5.74) is 5.71. The van der Waals surface area contributed by atoms with Crippen molar-refractivity contribution in [1.82, 2.24) is 15.8 Å². The van der Waals surface area contributed by atoms with Crippen molar-refractivity contribution in [2.24, 2.45) is 0 Å². The largest absolute Gasteiger partial charge is 0.497 e. The summed E-state index contributed by atoms with van der Waals surface area (Å²) in [6.07, 6.45) is 5.85. The maximum Gasteiger partial charge on any atom is 0.269 e. The average molecular weight is 327 g/mol. The van der Waals surface area contributed by atoms with Crippen LogP contribution in [0, 0.1) is 0 Å². The van der Waals surface area contributed by atoms with Crippen molar-refractivity contribution in [2.75, 3.05) is 14.2 Å². The molecule has 24 heavy (non-hydrogen) atoms. The van der Waals surface area contributed by atoms with Crippen molar-refractivity contribution in [1.29, 1.82) is 0 Å². The molecule has 0 radical (unpaired) electrons. The first kappa shape index (κ1) is 17.0. The number of nitrogens with one attached hydrogen (secondary N) is 2. The molecule has 2 rings (SSSR count). The third-order valence-corrected chi connectivity index (χ3v) is 3.10. The Bertz CT molecular complexity index is 745. The van der Waals surface area contributed by atoms with Crippen molar-refractivity contribution < 1.29 is 19.1 Å². The summed E-state index contributed by atoms with van der Waals surface area (Å²) >= 11 is 0. The van der Waals surface area contributed by atoms with E-state index in [9.17, 15) is 9.59 Å². The lowest BCUT2D eigenvalue weighted by molar-refractivity contribution is -0.117. The minimum absolute atomic E-state index is 0.395. The summed E-state index contributed by atoms with van der Waals surface area (Å²) in [4.78, 5) is 27.4. The van der Waals surface area contributed by atoms with E-state index in [-0.39, 0.29) is 0 Å². The summed E-state index contributed by atoms with van der Waals surface area (Å²) < 4.78 is 10.3. The van der Waals surface area contributed by atoms with Crippen LogP contribution in [0.15, 0.2) is 48.8 Å². The van der Waals surface area contributed by atoms with Crippen LogP contribution in [-0.2, 0) is 4.79 Å². The van der Waals surface area contributed by atoms with Gasteiger partial charge in [-0.1, -0.05) is 0 Å². The van der Waals surface area contributed by atoms with E-state index in [1.54, 1.807) is 43.5 Å². The summed E-state index contributed by atoms with van der Waals surface area (Å²) in [6.45, 7) is 0. The second-order valence-electron chi connectivity index (χ2n) is 4.62. The molecule has 0 aliphatic rings. The Morgan fingerprint density at radius 2 is 1.79 bits per heavy atom. The van der Waals surface area contributed by atoms with Gasteiger partial charge < -0.3 is 9.47 Å². The zero-order valence-corrected chi connectivity index (χ0v) is 13.3. The summed E-state index contributed by atoms with van der Waals surface area (Å²) in [5, 5.41) is 0. The molecule has 2 N–H and O–H groups in total. The summed E-state index contributed by atoms with van der Waals surface area (Å²) in [6, 6.07) is 8.31. The van der Waals surface area contributed by atoms with Crippen LogP contribution in [0.1, 0.15) is 15.9 Å². The van der Waals surface area contributed by atoms with Crippen LogP contribution in [0.25, 0.3) is 6.08 Å². The van der Waals surface area contributed by atoms with Crippen LogP contribution in [0.2, 0.25) is 0 Å². The lowest BCUT2D eigenvalue weighted by Gasteiger charge is -2.07. The second-order valence-corrected chi connectivity index (χ2v) is 4.62. The van der Waals surface area contributed by atoms with Gasteiger partial charge in [0, 0.05) is 35.7 Å². The van der Waals surface area contributed by atoms with Crippen molar-refractivity contribution in [2.45, 2.75) is 0 Å². The van der Waals surface area contributed by atoms with Crippen molar-refractivity contribution >= 4 is 17.9 Å². The zero-order valence-electron chi connectivity index (χ0n) is 13.3. The van der Waals surface area contributed by atoms with Gasteiger partial charge in [-0.05, 0) is 30.3 Å². The van der Waals surface area contributed by atoms with Crippen molar-refractivity contribution in [3.63, 3.8) is 0 Å². The predicted molar refractivity (Wildman–Crippen MR) is 88.4 cm³/mol. The number of ether oxygens (including phenoxy) is 2. The van der Waals surface area contributed by atoms with E-state index in [0.717, 1.165) is 0 Å². The molecule has 0 unspecified atom stereocenters. The first-order valence-electron chi connectivity index (χ1n) is 7.04. The van der Waals surface area contributed by atoms with Gasteiger partial charge >= 0.3 is 0 Å². The van der Waals surface area contributed by atoms with Gasteiger partial charge in [0.1, 0.15) is 11.5 Å². The number of nitrogens with zero attached hydrogens (tertiary/aromatic N) is 1. The Labute approximate surface area is 139 Å². The molecule has 0 spiro atoms. The minimum Gasteiger partial charge on any atom is -0.497 e. The van der Waals surface area contributed by atoms with Crippen LogP contribution in [-0.4, -0.2) is 31.0 Å². The van der Waals surface area contributed by atoms with Gasteiger partial charge in [-0.3, -0.25) is 25.4 Å². The number of hydrazine groups is 1. The summed E-state index contributed by atoms with van der Waals surface area (Å²) in [5.74, 6) is 0.314. The van der Waals surface area contributed by atoms with Crippen LogP contribution in [0.5, 0.6) is 11.5 Å². The number of rotatable bonds is 5. The topological polar surface area (TPSA) is 89.6 Å². The number of carbonyl (C=O) groups excluding carboxylic acids is 2. The molecule has 0 atom stereocenters. The quantitative estimate of drug-likeness (QED) is 0.643. The third kappa shape index (κ3) is 4.57. The Morgan fingerprint density at radius 1 is 1.04 bits per heavy atom. The highest BCUT2D eigenvalue weighted by molar-refractivity contribution is 5.97. The van der Waals surface area contributed by atoms with E-state index in [4.69, 9.17) is 9.47 Å². The van der Waals surface area contributed by atoms with Crippen LogP contribution in [0.3, 0.4) is 0 Å². The minimum atomic E-state index is -0.477. The molecular weight excluding hydrogens is 310 g/mol. The molecule has 0 saturated carbocycles. The van der Waals surface area contributed by atoms with Crippen LogP contribution in [0.4, 0.5) is 0 Å². The number of hydrogen-bond acceptors (Lipinski definition) is 5. The smallest absolute Gasteiger partial charge is 0.269 e. The van der Waals surface area contributed by atoms with Gasteiger partial charge in [-0.15, -0.1) is 0 Å². The van der Waals surface area contributed by atoms with E-state index in [1.807, 2.05) is 0 Å². The molecule has 0 aliphatic carbocycles. The van der Waals surface area contributed by atoms with E-state index in [1.165, 1.54) is 25.6 Å². The molecule has 1 heterocycles. The van der Waals surface area contributed by atoms with E-state index in [0.29, 0.717) is 22.6 Å². The Kier molecular flexibility index (Phi) is 5.90. The average Bonchev–Trinajstić information content (AvgIpc) is 2.64. The number of carbonyl (C=O) groups is 2. The molecule has 2 aromatic rings. The molecule has 1 aromatic carbocycles. The lowest BCUT2D eigenvalue weighted by atomic mass is 10.1. The molecule has 2 amide bonds. The van der Waals surface area contributed by atoms with Crippen LogP contribution >= 0.6 is 0 Å². The monoisotopic (exact) mass is 327 g/mol. The molecule has 1 aromatic heterocycles. The highest BCUT2D eigenvalue weighted by Gasteiger charge is 2.06. The predicted octanol–water partition coefficient (Wildman–Crippen LogP) is 1.57. The fourth-order valence-corrected chi connectivity index (χ4v) is 1.86. The van der Waals surface area contributed by atoms with Crippen LogP contribution < -0.4 is 20.3 Å². The Morgan fingerprint density at radius 3 is 2.46 bits per heavy atom. The number of methoxy groups -OCH3 is 2. The number of aromatic nitrogens is 1. The van der Waals surface area contributed by atoms with E-state index < -0.39 is 11.8 Å². The summed E-state index contributed by atoms with van der Waals surface area (Å²) in [7, 11) is 3.09. The fraction of sp³-hybridized carbons (Fsp3) is 0.118. The van der Waals surface area contributed by atoms with E-state index >= 15 is 0 Å². The zero-order chi connectivity index (χ0) is 17.4. The first-order chi connectivity index (χ1) is 11.6. The van der Waals surface area contributed by atoms with Gasteiger partial charge in [0.2, 0.25) is 0 Å². The maximum atomic E-state index is 11.8. The van der Waals surface area contributed by atoms with Gasteiger partial charge in [0.15, 0.2) is 0 Å². The molecule has 7 heteroatoms. The van der Waals surface area contributed by atoms with Gasteiger partial charge in [0.25, 0.3) is 11.8 Å². The third-order valence-electron chi connectivity index (χ3n) is 3.10. The Hall–Kier alpha value is -3.35.